The topological polar surface area (TPSA) is 32.3 Å². The molecule has 1 heterocycles. The third-order valence-electron chi connectivity index (χ3n) is 4.05. The van der Waals surface area contributed by atoms with Gasteiger partial charge in [0.25, 0.3) is 5.91 Å². The number of nitrogens with one attached hydrogen (secondary N) is 1. The average Bonchev–Trinajstić information content (AvgIpc) is 2.77. The number of thiocarbonyl (C=S) groups is 1. The van der Waals surface area contributed by atoms with Gasteiger partial charge in [-0.3, -0.25) is 9.69 Å². The number of aryl methyl sites for hydroxylation is 2. The molecule has 1 amide bonds. The molecule has 3 rings (SSSR count). The number of hydrogen-bond acceptors (Lipinski definition) is 2. The quantitative estimate of drug-likeness (QED) is 0.673. The lowest BCUT2D eigenvalue weighted by Crippen LogP contribution is -2.31. The first-order valence-electron chi connectivity index (χ1n) is 7.47. The fourth-order valence-corrected chi connectivity index (χ4v) is 2.95. The van der Waals surface area contributed by atoms with E-state index >= 15 is 0 Å². The van der Waals surface area contributed by atoms with E-state index in [-0.39, 0.29) is 5.91 Å². The number of carbonyl (C=O) groups excluding carboxylic acids is 1. The van der Waals surface area contributed by atoms with E-state index in [2.05, 4.69) is 5.32 Å². The molecule has 3 nitrogen and oxygen atoms in total. The number of amides is 1. The molecular weight excluding hydrogens is 304 g/mol. The van der Waals surface area contributed by atoms with Gasteiger partial charge in [-0.2, -0.15) is 0 Å². The van der Waals surface area contributed by atoms with E-state index in [9.17, 15) is 4.79 Å². The van der Waals surface area contributed by atoms with Crippen molar-refractivity contribution in [2.24, 2.45) is 0 Å². The van der Waals surface area contributed by atoms with E-state index in [1.54, 1.807) is 4.90 Å². The normalized spacial score (nSPS) is 16.1. The lowest BCUT2D eigenvalue weighted by atomic mass is 10.1. The molecule has 4 heteroatoms. The highest BCUT2D eigenvalue weighted by atomic mass is 32.1. The molecule has 0 unspecified atom stereocenters. The Morgan fingerprint density at radius 3 is 2.57 bits per heavy atom. The molecule has 0 bridgehead atoms. The van der Waals surface area contributed by atoms with Crippen LogP contribution in [0.25, 0.3) is 6.08 Å². The molecule has 0 radical (unpaired) electrons. The first-order valence-corrected chi connectivity index (χ1v) is 7.88. The minimum atomic E-state index is -0.120. The molecule has 1 aliphatic rings. The van der Waals surface area contributed by atoms with Gasteiger partial charge >= 0.3 is 0 Å². The molecule has 0 spiro atoms. The number of carbonyl (C=O) groups is 1. The van der Waals surface area contributed by atoms with Crippen molar-refractivity contribution in [3.8, 4) is 0 Å². The smallest absolute Gasteiger partial charge is 0.281 e. The first-order chi connectivity index (χ1) is 11.0. The van der Waals surface area contributed by atoms with Gasteiger partial charge in [0.2, 0.25) is 0 Å². The highest BCUT2D eigenvalue weighted by molar-refractivity contribution is 7.80. The van der Waals surface area contributed by atoms with Crippen molar-refractivity contribution >= 4 is 35.0 Å². The van der Waals surface area contributed by atoms with Crippen LogP contribution >= 0.6 is 12.2 Å². The Labute approximate surface area is 141 Å². The van der Waals surface area contributed by atoms with Crippen molar-refractivity contribution in [1.82, 2.24) is 5.32 Å². The van der Waals surface area contributed by atoms with Crippen molar-refractivity contribution in [3.05, 3.63) is 70.4 Å². The SMILES string of the molecule is Cc1cccc(/C=C2\NC(=S)N(c3cccc(C)c3C)C2=O)c1. The van der Waals surface area contributed by atoms with Gasteiger partial charge < -0.3 is 5.32 Å². The van der Waals surface area contributed by atoms with Crippen LogP contribution in [0.5, 0.6) is 0 Å². The predicted molar refractivity (Wildman–Crippen MR) is 98.3 cm³/mol. The molecule has 0 aromatic heterocycles. The molecule has 0 saturated carbocycles. The summed E-state index contributed by atoms with van der Waals surface area (Å²) < 4.78 is 0. The lowest BCUT2D eigenvalue weighted by Gasteiger charge is -2.17. The van der Waals surface area contributed by atoms with Crippen LogP contribution < -0.4 is 10.2 Å². The van der Waals surface area contributed by atoms with Crippen LogP contribution in [-0.2, 0) is 4.79 Å². The summed E-state index contributed by atoms with van der Waals surface area (Å²) in [6.07, 6.45) is 1.84. The first kappa shape index (κ1) is 15.4. The maximum absolute atomic E-state index is 12.8. The summed E-state index contributed by atoms with van der Waals surface area (Å²) in [4.78, 5) is 14.3. The van der Waals surface area contributed by atoms with E-state index in [1.807, 2.05) is 69.3 Å². The summed E-state index contributed by atoms with van der Waals surface area (Å²) in [7, 11) is 0. The summed E-state index contributed by atoms with van der Waals surface area (Å²) in [5, 5.41) is 3.45. The summed E-state index contributed by atoms with van der Waals surface area (Å²) in [6, 6.07) is 13.9. The summed E-state index contributed by atoms with van der Waals surface area (Å²) in [5.41, 5.74) is 5.66. The standard InChI is InChI=1S/C19H18N2OS/c1-12-6-4-8-15(10-12)11-16-18(22)21(19(23)20-16)17-9-5-7-13(2)14(17)3/h4-11H,1-3H3,(H,20,23)/b16-11-. The van der Waals surface area contributed by atoms with Crippen molar-refractivity contribution in [3.63, 3.8) is 0 Å². The third-order valence-corrected chi connectivity index (χ3v) is 4.33. The van der Waals surface area contributed by atoms with Crippen LogP contribution in [-0.4, -0.2) is 11.0 Å². The van der Waals surface area contributed by atoms with Crippen LogP contribution in [0.15, 0.2) is 48.2 Å². The second-order valence-electron chi connectivity index (χ2n) is 5.76. The fraction of sp³-hybridized carbons (Fsp3) is 0.158. The van der Waals surface area contributed by atoms with Gasteiger partial charge in [-0.15, -0.1) is 0 Å². The van der Waals surface area contributed by atoms with Gasteiger partial charge in [0, 0.05) is 0 Å². The van der Waals surface area contributed by atoms with Crippen LogP contribution in [0.3, 0.4) is 0 Å². The third kappa shape index (κ3) is 2.90. The highest BCUT2D eigenvalue weighted by Crippen LogP contribution is 2.27. The number of nitrogens with zero attached hydrogens (tertiary/aromatic N) is 1. The minimum absolute atomic E-state index is 0.120. The zero-order chi connectivity index (χ0) is 16.6. The van der Waals surface area contributed by atoms with E-state index in [1.165, 1.54) is 0 Å². The number of rotatable bonds is 2. The zero-order valence-electron chi connectivity index (χ0n) is 13.4. The summed E-state index contributed by atoms with van der Waals surface area (Å²) in [5.74, 6) is -0.120. The Kier molecular flexibility index (Phi) is 4.01. The van der Waals surface area contributed by atoms with Crippen molar-refractivity contribution < 1.29 is 4.79 Å². The number of hydrogen-bond donors (Lipinski definition) is 1. The maximum atomic E-state index is 12.8. The Balaban J connectivity index is 1.99. The summed E-state index contributed by atoms with van der Waals surface area (Å²) >= 11 is 5.37. The highest BCUT2D eigenvalue weighted by Gasteiger charge is 2.32. The molecule has 1 fully saturated rings. The molecular formula is C19H18N2OS. The largest absolute Gasteiger partial charge is 0.327 e. The Morgan fingerprint density at radius 1 is 1.09 bits per heavy atom. The molecule has 1 saturated heterocycles. The van der Waals surface area contributed by atoms with E-state index < -0.39 is 0 Å². The molecule has 0 aliphatic carbocycles. The van der Waals surface area contributed by atoms with Gasteiger partial charge in [-0.1, -0.05) is 42.0 Å². The van der Waals surface area contributed by atoms with E-state index in [0.29, 0.717) is 10.8 Å². The van der Waals surface area contributed by atoms with Crippen LogP contribution in [0.1, 0.15) is 22.3 Å². The van der Waals surface area contributed by atoms with Crippen molar-refractivity contribution in [2.45, 2.75) is 20.8 Å². The van der Waals surface area contributed by atoms with Gasteiger partial charge in [0.15, 0.2) is 5.11 Å². The Hall–Kier alpha value is -2.46. The van der Waals surface area contributed by atoms with Crippen molar-refractivity contribution in [1.29, 1.82) is 0 Å². The fourth-order valence-electron chi connectivity index (χ4n) is 2.66. The van der Waals surface area contributed by atoms with Crippen molar-refractivity contribution in [2.75, 3.05) is 4.90 Å². The predicted octanol–water partition coefficient (Wildman–Crippen LogP) is 3.87. The molecule has 23 heavy (non-hydrogen) atoms. The summed E-state index contributed by atoms with van der Waals surface area (Å²) in [6.45, 7) is 6.06. The number of benzene rings is 2. The van der Waals surface area contributed by atoms with Crippen LogP contribution in [0.2, 0.25) is 0 Å². The average molecular weight is 322 g/mol. The van der Waals surface area contributed by atoms with Crippen LogP contribution in [0.4, 0.5) is 5.69 Å². The van der Waals surface area contributed by atoms with E-state index in [0.717, 1.165) is 27.9 Å². The van der Waals surface area contributed by atoms with Gasteiger partial charge in [0.1, 0.15) is 5.70 Å². The maximum Gasteiger partial charge on any atom is 0.281 e. The number of anilines is 1. The molecule has 1 N–H and O–H groups in total. The Bertz CT molecular complexity index is 839. The van der Waals surface area contributed by atoms with Gasteiger partial charge in [-0.05, 0) is 61.8 Å². The molecule has 1 aliphatic heterocycles. The second kappa shape index (κ2) is 5.97. The lowest BCUT2D eigenvalue weighted by molar-refractivity contribution is -0.113. The molecule has 116 valence electrons. The van der Waals surface area contributed by atoms with Crippen LogP contribution in [0, 0.1) is 20.8 Å². The molecule has 2 aromatic rings. The van der Waals surface area contributed by atoms with Gasteiger partial charge in [-0.25, -0.2) is 0 Å². The zero-order valence-corrected chi connectivity index (χ0v) is 14.2. The Morgan fingerprint density at radius 2 is 1.83 bits per heavy atom. The molecule has 0 atom stereocenters. The second-order valence-corrected chi connectivity index (χ2v) is 6.15. The minimum Gasteiger partial charge on any atom is -0.327 e. The van der Waals surface area contributed by atoms with Gasteiger partial charge in [0.05, 0.1) is 5.69 Å². The van der Waals surface area contributed by atoms with E-state index in [4.69, 9.17) is 12.2 Å². The molecule has 2 aromatic carbocycles. The monoisotopic (exact) mass is 322 g/mol.